The standard InChI is InChI=1S/C21H17FN4O2/c1-26-8-7-21(28,20(26)27)6-5-13-3-2-4-14(9-13)15-10-16-18(17(22)11-15)24-12-25-19(16)23/h2-4,9-12,28H,7-8H2,1H3,(H2,23,24,25). The molecule has 0 saturated carbocycles. The van der Waals surface area contributed by atoms with E-state index in [2.05, 4.69) is 21.8 Å². The maximum absolute atomic E-state index is 14.4. The van der Waals surface area contributed by atoms with Crippen LogP contribution in [0.4, 0.5) is 10.2 Å². The first-order chi connectivity index (χ1) is 13.4. The molecule has 3 aromatic rings. The highest BCUT2D eigenvalue weighted by Crippen LogP contribution is 2.28. The molecule has 1 atom stereocenters. The zero-order chi connectivity index (χ0) is 19.9. The molecule has 2 heterocycles. The van der Waals surface area contributed by atoms with Crippen molar-refractivity contribution in [3.05, 3.63) is 54.1 Å². The molecule has 0 aliphatic carbocycles. The summed E-state index contributed by atoms with van der Waals surface area (Å²) in [5, 5.41) is 10.9. The Labute approximate surface area is 160 Å². The number of nitrogens with two attached hydrogens (primary N) is 1. The lowest BCUT2D eigenvalue weighted by Crippen LogP contribution is -2.37. The van der Waals surface area contributed by atoms with Gasteiger partial charge in [0.1, 0.15) is 23.5 Å². The molecule has 1 amide bonds. The maximum Gasteiger partial charge on any atom is 0.267 e. The Kier molecular flexibility index (Phi) is 4.21. The highest BCUT2D eigenvalue weighted by Gasteiger charge is 2.42. The summed E-state index contributed by atoms with van der Waals surface area (Å²) in [7, 11) is 1.63. The summed E-state index contributed by atoms with van der Waals surface area (Å²) >= 11 is 0. The van der Waals surface area contributed by atoms with E-state index in [1.54, 1.807) is 31.3 Å². The van der Waals surface area contributed by atoms with Crippen LogP contribution in [0, 0.1) is 17.7 Å². The fourth-order valence-electron chi connectivity index (χ4n) is 3.23. The van der Waals surface area contributed by atoms with E-state index in [1.165, 1.54) is 17.3 Å². The predicted molar refractivity (Wildman–Crippen MR) is 103 cm³/mol. The average molecular weight is 376 g/mol. The number of nitrogen functional groups attached to an aromatic ring is 1. The molecule has 2 aromatic carbocycles. The Morgan fingerprint density at radius 3 is 2.82 bits per heavy atom. The summed E-state index contributed by atoms with van der Waals surface area (Å²) < 4.78 is 14.4. The molecular weight excluding hydrogens is 359 g/mol. The number of aromatic nitrogens is 2. The number of hydrogen-bond acceptors (Lipinski definition) is 5. The summed E-state index contributed by atoms with van der Waals surface area (Å²) in [5.41, 5.74) is 6.28. The van der Waals surface area contributed by atoms with Gasteiger partial charge in [0.15, 0.2) is 0 Å². The van der Waals surface area contributed by atoms with Crippen LogP contribution in [0.2, 0.25) is 0 Å². The number of anilines is 1. The highest BCUT2D eigenvalue weighted by molar-refractivity contribution is 5.92. The first-order valence-electron chi connectivity index (χ1n) is 8.69. The SMILES string of the molecule is CN1CCC(O)(C#Cc2cccc(-c3cc(F)c4ncnc(N)c4c3)c2)C1=O. The molecule has 0 bridgehead atoms. The molecule has 140 valence electrons. The van der Waals surface area contributed by atoms with Crippen LogP contribution in [-0.4, -0.2) is 45.1 Å². The van der Waals surface area contributed by atoms with Gasteiger partial charge < -0.3 is 15.7 Å². The highest BCUT2D eigenvalue weighted by atomic mass is 19.1. The third kappa shape index (κ3) is 3.04. The van der Waals surface area contributed by atoms with Gasteiger partial charge in [-0.15, -0.1) is 0 Å². The fourth-order valence-corrected chi connectivity index (χ4v) is 3.23. The Bertz CT molecular complexity index is 1170. The van der Waals surface area contributed by atoms with E-state index in [0.29, 0.717) is 23.1 Å². The Morgan fingerprint density at radius 2 is 2.07 bits per heavy atom. The summed E-state index contributed by atoms with van der Waals surface area (Å²) in [5.74, 6) is 4.85. The van der Waals surface area contributed by atoms with Gasteiger partial charge in [0.25, 0.3) is 5.91 Å². The van der Waals surface area contributed by atoms with Crippen LogP contribution in [0.25, 0.3) is 22.0 Å². The Morgan fingerprint density at radius 1 is 1.25 bits per heavy atom. The van der Waals surface area contributed by atoms with Gasteiger partial charge in [-0.25, -0.2) is 14.4 Å². The first kappa shape index (κ1) is 17.9. The van der Waals surface area contributed by atoms with E-state index in [4.69, 9.17) is 5.73 Å². The lowest BCUT2D eigenvalue weighted by atomic mass is 9.99. The number of hydrogen-bond donors (Lipinski definition) is 2. The lowest BCUT2D eigenvalue weighted by Gasteiger charge is -2.13. The predicted octanol–water partition coefficient (Wildman–Crippen LogP) is 1.96. The van der Waals surface area contributed by atoms with Gasteiger partial charge in [-0.2, -0.15) is 0 Å². The number of aliphatic hydroxyl groups is 1. The largest absolute Gasteiger partial charge is 0.383 e. The quantitative estimate of drug-likeness (QED) is 0.634. The number of likely N-dealkylation sites (N-methyl/N-ethyl adjacent to an activating group) is 1. The van der Waals surface area contributed by atoms with Gasteiger partial charge in [-0.05, 0) is 35.4 Å². The Balaban J connectivity index is 1.73. The first-order valence-corrected chi connectivity index (χ1v) is 8.69. The molecule has 4 rings (SSSR count). The molecule has 1 aliphatic heterocycles. The van der Waals surface area contributed by atoms with E-state index >= 15 is 0 Å². The summed E-state index contributed by atoms with van der Waals surface area (Å²) in [6, 6.07) is 10.2. The van der Waals surface area contributed by atoms with Crippen molar-refractivity contribution in [1.82, 2.24) is 14.9 Å². The molecule has 0 spiro atoms. The van der Waals surface area contributed by atoms with Gasteiger partial charge in [0.05, 0.1) is 0 Å². The van der Waals surface area contributed by atoms with Crippen molar-refractivity contribution < 1.29 is 14.3 Å². The van der Waals surface area contributed by atoms with E-state index < -0.39 is 17.3 Å². The third-order valence-corrected chi connectivity index (χ3v) is 4.84. The molecule has 1 aliphatic rings. The maximum atomic E-state index is 14.4. The van der Waals surface area contributed by atoms with Crippen LogP contribution in [0.5, 0.6) is 0 Å². The fraction of sp³-hybridized carbons (Fsp3) is 0.190. The van der Waals surface area contributed by atoms with Crippen molar-refractivity contribution in [2.45, 2.75) is 12.0 Å². The Hall–Kier alpha value is -3.50. The molecule has 1 saturated heterocycles. The van der Waals surface area contributed by atoms with Gasteiger partial charge >= 0.3 is 0 Å². The van der Waals surface area contributed by atoms with E-state index in [-0.39, 0.29) is 17.8 Å². The molecule has 3 N–H and O–H groups in total. The van der Waals surface area contributed by atoms with Crippen molar-refractivity contribution in [3.8, 4) is 23.0 Å². The second kappa shape index (κ2) is 6.59. The van der Waals surface area contributed by atoms with Crippen molar-refractivity contribution in [2.75, 3.05) is 19.3 Å². The van der Waals surface area contributed by atoms with Crippen molar-refractivity contribution in [1.29, 1.82) is 0 Å². The van der Waals surface area contributed by atoms with Gasteiger partial charge in [0, 0.05) is 31.0 Å². The van der Waals surface area contributed by atoms with Crippen molar-refractivity contribution >= 4 is 22.6 Å². The van der Waals surface area contributed by atoms with Gasteiger partial charge in [0.2, 0.25) is 5.60 Å². The zero-order valence-corrected chi connectivity index (χ0v) is 15.1. The minimum absolute atomic E-state index is 0.165. The minimum atomic E-state index is -1.66. The van der Waals surface area contributed by atoms with Crippen molar-refractivity contribution in [3.63, 3.8) is 0 Å². The molecular formula is C21H17FN4O2. The number of halogens is 1. The second-order valence-electron chi connectivity index (χ2n) is 6.78. The molecule has 1 aromatic heterocycles. The number of amides is 1. The molecule has 0 radical (unpaired) electrons. The summed E-state index contributed by atoms with van der Waals surface area (Å²) in [6.45, 7) is 0.462. The minimum Gasteiger partial charge on any atom is -0.383 e. The van der Waals surface area contributed by atoms with Crippen molar-refractivity contribution in [2.24, 2.45) is 0 Å². The average Bonchev–Trinajstić information content (AvgIpc) is 2.95. The van der Waals surface area contributed by atoms with E-state index in [9.17, 15) is 14.3 Å². The smallest absolute Gasteiger partial charge is 0.267 e. The number of benzene rings is 2. The van der Waals surface area contributed by atoms with Gasteiger partial charge in [-0.3, -0.25) is 4.79 Å². The van der Waals surface area contributed by atoms with Crippen LogP contribution in [0.1, 0.15) is 12.0 Å². The van der Waals surface area contributed by atoms with E-state index in [0.717, 1.165) is 5.56 Å². The summed E-state index contributed by atoms with van der Waals surface area (Å²) in [6.07, 6.45) is 1.49. The van der Waals surface area contributed by atoms with Crippen LogP contribution in [0.3, 0.4) is 0 Å². The molecule has 28 heavy (non-hydrogen) atoms. The third-order valence-electron chi connectivity index (χ3n) is 4.84. The number of likely N-dealkylation sites (tertiary alicyclic amines) is 1. The topological polar surface area (TPSA) is 92.3 Å². The van der Waals surface area contributed by atoms with Gasteiger partial charge in [-0.1, -0.05) is 24.0 Å². The molecule has 6 nitrogen and oxygen atoms in total. The van der Waals surface area contributed by atoms with Crippen LogP contribution < -0.4 is 5.73 Å². The number of rotatable bonds is 1. The van der Waals surface area contributed by atoms with Crippen LogP contribution in [-0.2, 0) is 4.79 Å². The second-order valence-corrected chi connectivity index (χ2v) is 6.78. The number of carbonyl (C=O) groups is 1. The number of carbonyl (C=O) groups excluding carboxylic acids is 1. The van der Waals surface area contributed by atoms with Crippen LogP contribution >= 0.6 is 0 Å². The van der Waals surface area contributed by atoms with Crippen LogP contribution in [0.15, 0.2) is 42.7 Å². The summed E-state index contributed by atoms with van der Waals surface area (Å²) in [4.78, 5) is 21.3. The normalized spacial score (nSPS) is 19.0. The molecule has 7 heteroatoms. The lowest BCUT2D eigenvalue weighted by molar-refractivity contribution is -0.137. The van der Waals surface area contributed by atoms with E-state index in [1.807, 2.05) is 6.07 Å². The molecule has 1 fully saturated rings. The number of fused-ring (bicyclic) bond motifs is 1. The molecule has 1 unspecified atom stereocenters. The monoisotopic (exact) mass is 376 g/mol. The zero-order valence-electron chi connectivity index (χ0n) is 15.1. The number of nitrogens with zero attached hydrogens (tertiary/aromatic N) is 3.